The summed E-state index contributed by atoms with van der Waals surface area (Å²) in [6.07, 6.45) is 1.59. The normalized spacial score (nSPS) is 18.3. The molecule has 2 aliphatic rings. The molecule has 164 valence electrons. The van der Waals surface area contributed by atoms with Gasteiger partial charge in [0.2, 0.25) is 0 Å². The third kappa shape index (κ3) is 3.85. The molecule has 3 aromatic rings. The van der Waals surface area contributed by atoms with Crippen molar-refractivity contribution >= 4 is 11.5 Å². The molecule has 1 unspecified atom stereocenters. The van der Waals surface area contributed by atoms with E-state index in [1.807, 2.05) is 36.4 Å². The van der Waals surface area contributed by atoms with Gasteiger partial charge in [-0.3, -0.25) is 4.79 Å². The van der Waals surface area contributed by atoms with Crippen LogP contribution in [0.5, 0.6) is 0 Å². The summed E-state index contributed by atoms with van der Waals surface area (Å²) in [5.74, 6) is 0.0614. The maximum Gasteiger partial charge on any atom is 0.193 e. The lowest BCUT2D eigenvalue weighted by molar-refractivity contribution is 0.0689. The predicted molar refractivity (Wildman–Crippen MR) is 129 cm³/mol. The van der Waals surface area contributed by atoms with Gasteiger partial charge in [-0.2, -0.15) is 0 Å². The van der Waals surface area contributed by atoms with Crippen LogP contribution < -0.4 is 10.2 Å². The fourth-order valence-electron chi connectivity index (χ4n) is 5.04. The second kappa shape index (κ2) is 9.27. The molecule has 4 nitrogen and oxygen atoms in total. The fraction of sp³-hybridized carbons (Fsp3) is 0.321. The smallest absolute Gasteiger partial charge is 0.193 e. The summed E-state index contributed by atoms with van der Waals surface area (Å²) in [6, 6.07) is 22.3. The SMILES string of the molecule is CCc1ccc(C(=O)c2ccccc2)c(C2OCCc3ccccc32)c1N1CCNCC1. The van der Waals surface area contributed by atoms with Crippen LogP contribution in [0.4, 0.5) is 5.69 Å². The molecule has 3 aromatic carbocycles. The number of hydrogen-bond donors (Lipinski definition) is 1. The average molecular weight is 427 g/mol. The van der Waals surface area contributed by atoms with Crippen LogP contribution in [0.3, 0.4) is 0 Å². The minimum absolute atomic E-state index is 0.0614. The highest BCUT2D eigenvalue weighted by molar-refractivity contribution is 6.11. The molecule has 1 atom stereocenters. The van der Waals surface area contributed by atoms with Crippen molar-refractivity contribution in [1.82, 2.24) is 5.32 Å². The number of ketones is 1. The van der Waals surface area contributed by atoms with Gasteiger partial charge < -0.3 is 15.0 Å². The molecular formula is C28H30N2O2. The molecule has 1 fully saturated rings. The lowest BCUT2D eigenvalue weighted by atomic mass is 9.85. The van der Waals surface area contributed by atoms with Crippen LogP contribution in [-0.2, 0) is 17.6 Å². The lowest BCUT2D eigenvalue weighted by Gasteiger charge is -2.37. The summed E-state index contributed by atoms with van der Waals surface area (Å²) in [5.41, 5.74) is 7.47. The maximum absolute atomic E-state index is 13.8. The number of hydrogen-bond acceptors (Lipinski definition) is 4. The highest BCUT2D eigenvalue weighted by Gasteiger charge is 2.32. The summed E-state index contributed by atoms with van der Waals surface area (Å²) in [5, 5.41) is 3.46. The minimum atomic E-state index is -0.237. The number of rotatable bonds is 5. The van der Waals surface area contributed by atoms with E-state index in [1.54, 1.807) is 0 Å². The Balaban J connectivity index is 1.74. The van der Waals surface area contributed by atoms with E-state index in [0.29, 0.717) is 12.2 Å². The number of piperazine rings is 1. The van der Waals surface area contributed by atoms with Gasteiger partial charge in [0.1, 0.15) is 6.10 Å². The van der Waals surface area contributed by atoms with Crippen LogP contribution in [-0.4, -0.2) is 38.6 Å². The van der Waals surface area contributed by atoms with Crippen molar-refractivity contribution in [3.63, 3.8) is 0 Å². The lowest BCUT2D eigenvalue weighted by Crippen LogP contribution is -2.44. The van der Waals surface area contributed by atoms with Crippen molar-refractivity contribution < 1.29 is 9.53 Å². The molecule has 0 aliphatic carbocycles. The predicted octanol–water partition coefficient (Wildman–Crippen LogP) is 4.55. The van der Waals surface area contributed by atoms with Gasteiger partial charge in [-0.1, -0.05) is 73.7 Å². The number of fused-ring (bicyclic) bond motifs is 1. The van der Waals surface area contributed by atoms with Gasteiger partial charge in [-0.25, -0.2) is 0 Å². The van der Waals surface area contributed by atoms with Crippen LogP contribution in [0.1, 0.15) is 51.2 Å². The van der Waals surface area contributed by atoms with Gasteiger partial charge >= 0.3 is 0 Å². The number of benzene rings is 3. The molecule has 0 radical (unpaired) electrons. The molecule has 4 heteroatoms. The van der Waals surface area contributed by atoms with Crippen molar-refractivity contribution in [3.8, 4) is 0 Å². The number of anilines is 1. The van der Waals surface area contributed by atoms with E-state index in [1.165, 1.54) is 22.4 Å². The first-order valence-electron chi connectivity index (χ1n) is 11.7. The molecule has 0 aromatic heterocycles. The van der Waals surface area contributed by atoms with E-state index >= 15 is 0 Å². The van der Waals surface area contributed by atoms with Gasteiger partial charge in [-0.15, -0.1) is 0 Å². The number of aryl methyl sites for hydroxylation is 1. The quantitative estimate of drug-likeness (QED) is 0.608. The van der Waals surface area contributed by atoms with Gasteiger partial charge in [0.15, 0.2) is 5.78 Å². The molecule has 0 amide bonds. The Labute approximate surface area is 190 Å². The van der Waals surface area contributed by atoms with Crippen molar-refractivity contribution in [2.24, 2.45) is 0 Å². The second-order valence-electron chi connectivity index (χ2n) is 8.52. The van der Waals surface area contributed by atoms with E-state index in [4.69, 9.17) is 4.74 Å². The molecule has 2 aliphatic heterocycles. The van der Waals surface area contributed by atoms with Gasteiger partial charge in [0, 0.05) is 48.6 Å². The average Bonchev–Trinajstić information content (AvgIpc) is 2.88. The van der Waals surface area contributed by atoms with E-state index < -0.39 is 0 Å². The van der Waals surface area contributed by atoms with Crippen molar-refractivity contribution in [2.75, 3.05) is 37.7 Å². The topological polar surface area (TPSA) is 41.6 Å². The minimum Gasteiger partial charge on any atom is -0.368 e. The monoisotopic (exact) mass is 426 g/mol. The van der Waals surface area contributed by atoms with E-state index in [-0.39, 0.29) is 11.9 Å². The Morgan fingerprint density at radius 3 is 2.53 bits per heavy atom. The number of nitrogens with one attached hydrogen (secondary N) is 1. The van der Waals surface area contributed by atoms with E-state index in [0.717, 1.165) is 50.1 Å². The summed E-state index contributed by atoms with van der Waals surface area (Å²) in [6.45, 7) is 6.61. The second-order valence-corrected chi connectivity index (χ2v) is 8.52. The Morgan fingerprint density at radius 1 is 1.00 bits per heavy atom. The zero-order chi connectivity index (χ0) is 21.9. The molecule has 5 rings (SSSR count). The fourth-order valence-corrected chi connectivity index (χ4v) is 5.04. The molecule has 0 spiro atoms. The number of ether oxygens (including phenoxy) is 1. The molecule has 1 saturated heterocycles. The summed E-state index contributed by atoms with van der Waals surface area (Å²) in [7, 11) is 0. The van der Waals surface area contributed by atoms with Crippen molar-refractivity contribution in [3.05, 3.63) is 100 Å². The molecular weight excluding hydrogens is 396 g/mol. The van der Waals surface area contributed by atoms with E-state index in [9.17, 15) is 4.79 Å². The Kier molecular flexibility index (Phi) is 6.06. The molecule has 0 bridgehead atoms. The first-order chi connectivity index (χ1) is 15.8. The molecule has 32 heavy (non-hydrogen) atoms. The zero-order valence-electron chi connectivity index (χ0n) is 18.6. The third-order valence-corrected chi connectivity index (χ3v) is 6.65. The molecule has 1 N–H and O–H groups in total. The largest absolute Gasteiger partial charge is 0.368 e. The van der Waals surface area contributed by atoms with Gasteiger partial charge in [-0.05, 0) is 29.5 Å². The van der Waals surface area contributed by atoms with Gasteiger partial charge in [0.05, 0.1) is 6.61 Å². The maximum atomic E-state index is 13.8. The highest BCUT2D eigenvalue weighted by Crippen LogP contribution is 2.42. The number of carbonyl (C=O) groups excluding carboxylic acids is 1. The standard InChI is InChI=1S/C28H30N2O2/c1-2-20-12-13-24(27(31)22-9-4-3-5-10-22)25(26(20)30-17-15-29-16-18-30)28-23-11-7-6-8-21(23)14-19-32-28/h3-13,28-29H,2,14-19H2,1H3. The van der Waals surface area contributed by atoms with E-state index in [2.05, 4.69) is 47.5 Å². The Hall–Kier alpha value is -2.95. The van der Waals surface area contributed by atoms with Crippen LogP contribution in [0.25, 0.3) is 0 Å². The van der Waals surface area contributed by atoms with Crippen LogP contribution in [0.15, 0.2) is 66.7 Å². The van der Waals surface area contributed by atoms with Crippen LogP contribution >= 0.6 is 0 Å². The zero-order valence-corrected chi connectivity index (χ0v) is 18.6. The third-order valence-electron chi connectivity index (χ3n) is 6.65. The molecule has 2 heterocycles. The Morgan fingerprint density at radius 2 is 1.75 bits per heavy atom. The number of carbonyl (C=O) groups is 1. The summed E-state index contributed by atoms with van der Waals surface area (Å²) >= 11 is 0. The first kappa shape index (κ1) is 20.9. The van der Waals surface area contributed by atoms with Crippen LogP contribution in [0.2, 0.25) is 0 Å². The summed E-state index contributed by atoms with van der Waals surface area (Å²) < 4.78 is 6.45. The van der Waals surface area contributed by atoms with Crippen molar-refractivity contribution in [1.29, 1.82) is 0 Å². The molecule has 0 saturated carbocycles. The highest BCUT2D eigenvalue weighted by atomic mass is 16.5. The summed E-state index contributed by atoms with van der Waals surface area (Å²) in [4.78, 5) is 16.2. The van der Waals surface area contributed by atoms with Gasteiger partial charge in [0.25, 0.3) is 0 Å². The first-order valence-corrected chi connectivity index (χ1v) is 11.7. The number of nitrogens with zero attached hydrogens (tertiary/aromatic N) is 1. The van der Waals surface area contributed by atoms with Crippen molar-refractivity contribution in [2.45, 2.75) is 25.9 Å². The Bertz CT molecular complexity index is 1100. The van der Waals surface area contributed by atoms with Crippen LogP contribution in [0, 0.1) is 0 Å².